The molecule has 0 radical (unpaired) electrons. The fourth-order valence-electron chi connectivity index (χ4n) is 4.19. The Morgan fingerprint density at radius 1 is 1.19 bits per heavy atom. The molecule has 0 N–H and O–H groups in total. The van der Waals surface area contributed by atoms with Gasteiger partial charge in [-0.3, -0.25) is 4.79 Å². The van der Waals surface area contributed by atoms with Crippen molar-refractivity contribution in [1.82, 2.24) is 0 Å². The van der Waals surface area contributed by atoms with E-state index in [2.05, 4.69) is 27.7 Å². The van der Waals surface area contributed by atoms with Crippen LogP contribution in [0.3, 0.4) is 0 Å². The maximum Gasteiger partial charge on any atom is 0.159 e. The van der Waals surface area contributed by atoms with Crippen LogP contribution in [0.2, 0.25) is 0 Å². The van der Waals surface area contributed by atoms with Gasteiger partial charge >= 0.3 is 0 Å². The third-order valence-corrected chi connectivity index (χ3v) is 5.14. The van der Waals surface area contributed by atoms with Gasteiger partial charge in [0.25, 0.3) is 0 Å². The van der Waals surface area contributed by atoms with E-state index >= 15 is 0 Å². The molecular formula is C15H22O. The Kier molecular flexibility index (Phi) is 1.85. The van der Waals surface area contributed by atoms with Gasteiger partial charge in [0, 0.05) is 12.0 Å². The van der Waals surface area contributed by atoms with Gasteiger partial charge in [-0.15, -0.1) is 0 Å². The highest BCUT2D eigenvalue weighted by molar-refractivity contribution is 6.01. The molecule has 0 aliphatic heterocycles. The highest BCUT2D eigenvalue weighted by atomic mass is 16.1. The van der Waals surface area contributed by atoms with Gasteiger partial charge in [-0.25, -0.2) is 0 Å². The van der Waals surface area contributed by atoms with Crippen LogP contribution >= 0.6 is 0 Å². The van der Waals surface area contributed by atoms with Gasteiger partial charge in [0.15, 0.2) is 5.78 Å². The number of carbonyl (C=O) groups excluding carboxylic acids is 1. The summed E-state index contributed by atoms with van der Waals surface area (Å²) < 4.78 is 0. The first-order valence-electron chi connectivity index (χ1n) is 6.60. The first-order valence-corrected chi connectivity index (χ1v) is 6.60. The van der Waals surface area contributed by atoms with Crippen molar-refractivity contribution in [1.29, 1.82) is 0 Å². The Hall–Kier alpha value is -0.590. The van der Waals surface area contributed by atoms with Crippen LogP contribution in [0.5, 0.6) is 0 Å². The molecule has 1 saturated carbocycles. The van der Waals surface area contributed by atoms with Crippen LogP contribution < -0.4 is 0 Å². The van der Waals surface area contributed by atoms with Gasteiger partial charge in [0.05, 0.1) is 0 Å². The summed E-state index contributed by atoms with van der Waals surface area (Å²) in [6.45, 7) is 9.31. The second-order valence-corrected chi connectivity index (χ2v) is 7.29. The molecule has 0 spiro atoms. The minimum absolute atomic E-state index is 0.269. The van der Waals surface area contributed by atoms with Gasteiger partial charge in [-0.1, -0.05) is 33.3 Å². The lowest BCUT2D eigenvalue weighted by atomic mass is 9.79. The number of Topliss-reactive ketones (excluding diaryl/α,β-unsaturated/α-hetero) is 1. The third-order valence-electron chi connectivity index (χ3n) is 5.14. The molecule has 1 fully saturated rings. The van der Waals surface area contributed by atoms with E-state index in [1.54, 1.807) is 0 Å². The number of hydrogen-bond donors (Lipinski definition) is 0. The normalized spacial score (nSPS) is 45.1. The van der Waals surface area contributed by atoms with E-state index in [9.17, 15) is 4.79 Å². The summed E-state index contributed by atoms with van der Waals surface area (Å²) in [7, 11) is 0. The Bertz CT molecular complexity index is 402. The lowest BCUT2D eigenvalue weighted by Crippen LogP contribution is -2.14. The number of hydrogen-bond acceptors (Lipinski definition) is 1. The molecule has 0 saturated heterocycles. The molecule has 3 atom stereocenters. The van der Waals surface area contributed by atoms with E-state index in [1.807, 2.05) is 0 Å². The van der Waals surface area contributed by atoms with Crippen LogP contribution in [-0.2, 0) is 4.79 Å². The average Bonchev–Trinajstić information content (AvgIpc) is 2.64. The predicted molar refractivity (Wildman–Crippen MR) is 65.0 cm³/mol. The summed E-state index contributed by atoms with van der Waals surface area (Å²) in [6, 6.07) is 0. The molecule has 1 nitrogen and oxygen atoms in total. The van der Waals surface area contributed by atoms with Gasteiger partial charge < -0.3 is 0 Å². The lowest BCUT2D eigenvalue weighted by molar-refractivity contribution is -0.115. The smallest absolute Gasteiger partial charge is 0.159 e. The third kappa shape index (κ3) is 1.26. The van der Waals surface area contributed by atoms with E-state index < -0.39 is 0 Å². The summed E-state index contributed by atoms with van der Waals surface area (Å²) in [5, 5.41) is 0. The topological polar surface area (TPSA) is 17.1 Å². The van der Waals surface area contributed by atoms with Crippen LogP contribution in [-0.4, -0.2) is 5.78 Å². The minimum atomic E-state index is 0.269. The summed E-state index contributed by atoms with van der Waals surface area (Å²) >= 11 is 0. The van der Waals surface area contributed by atoms with Crippen molar-refractivity contribution in [2.24, 2.45) is 22.7 Å². The number of carbonyl (C=O) groups is 1. The summed E-state index contributed by atoms with van der Waals surface area (Å²) in [4.78, 5) is 12.2. The summed E-state index contributed by atoms with van der Waals surface area (Å²) in [5.74, 6) is 1.76. The second-order valence-electron chi connectivity index (χ2n) is 7.29. The lowest BCUT2D eigenvalue weighted by Gasteiger charge is -2.25. The molecule has 88 valence electrons. The van der Waals surface area contributed by atoms with Gasteiger partial charge in [0.1, 0.15) is 0 Å². The summed E-state index contributed by atoms with van der Waals surface area (Å²) in [5.41, 5.74) is 3.44. The van der Waals surface area contributed by atoms with E-state index in [4.69, 9.17) is 0 Å². The van der Waals surface area contributed by atoms with Gasteiger partial charge in [-0.05, 0) is 41.9 Å². The van der Waals surface area contributed by atoms with Crippen LogP contribution in [0.15, 0.2) is 11.1 Å². The maximum atomic E-state index is 12.2. The monoisotopic (exact) mass is 218 g/mol. The van der Waals surface area contributed by atoms with Crippen LogP contribution in [0.4, 0.5) is 0 Å². The van der Waals surface area contributed by atoms with Crippen LogP contribution in [0.1, 0.15) is 53.4 Å². The fraction of sp³-hybridized carbons (Fsp3) is 0.800. The molecule has 3 rings (SSSR count). The van der Waals surface area contributed by atoms with Crippen molar-refractivity contribution < 1.29 is 4.79 Å². The molecule has 16 heavy (non-hydrogen) atoms. The van der Waals surface area contributed by atoms with E-state index in [0.29, 0.717) is 17.1 Å². The van der Waals surface area contributed by atoms with Crippen molar-refractivity contribution >= 4 is 5.78 Å². The molecule has 1 heteroatoms. The maximum absolute atomic E-state index is 12.2. The van der Waals surface area contributed by atoms with Crippen molar-refractivity contribution in [3.8, 4) is 0 Å². The molecule has 0 aromatic rings. The molecule has 0 aromatic heterocycles. The van der Waals surface area contributed by atoms with E-state index in [-0.39, 0.29) is 5.41 Å². The molecule has 0 heterocycles. The Morgan fingerprint density at radius 2 is 1.88 bits per heavy atom. The fourth-order valence-corrected chi connectivity index (χ4v) is 4.19. The van der Waals surface area contributed by atoms with Gasteiger partial charge in [-0.2, -0.15) is 0 Å². The number of fused-ring (bicyclic) bond motifs is 2. The van der Waals surface area contributed by atoms with Crippen molar-refractivity contribution in [3.05, 3.63) is 11.1 Å². The molecule has 0 aromatic carbocycles. The largest absolute Gasteiger partial charge is 0.295 e. The second kappa shape index (κ2) is 2.80. The Morgan fingerprint density at radius 3 is 2.56 bits per heavy atom. The van der Waals surface area contributed by atoms with Crippen molar-refractivity contribution in [2.75, 3.05) is 0 Å². The molecule has 3 aliphatic rings. The first-order chi connectivity index (χ1) is 7.33. The Labute approximate surface area is 98.3 Å². The molecule has 0 amide bonds. The van der Waals surface area contributed by atoms with Crippen molar-refractivity contribution in [2.45, 2.75) is 53.4 Å². The standard InChI is InChI=1S/C15H22O/c1-9-5-12(16)13-11(9)8-14(2,3)6-10-7-15(10,13)4/h9-10H,5-8H2,1-4H3/t9-,10-,15+/m0/s1. The van der Waals surface area contributed by atoms with Crippen molar-refractivity contribution in [3.63, 3.8) is 0 Å². The van der Waals surface area contributed by atoms with E-state index in [0.717, 1.165) is 18.8 Å². The average molecular weight is 218 g/mol. The number of ketones is 1. The van der Waals surface area contributed by atoms with Crippen LogP contribution in [0, 0.1) is 22.7 Å². The molecule has 0 unspecified atom stereocenters. The minimum Gasteiger partial charge on any atom is -0.295 e. The SMILES string of the molecule is C[C@H]1CC(=O)C2=C1CC(C)(C)C[C@H]1C[C@@]21C. The van der Waals surface area contributed by atoms with E-state index in [1.165, 1.54) is 24.0 Å². The zero-order valence-corrected chi connectivity index (χ0v) is 10.9. The summed E-state index contributed by atoms with van der Waals surface area (Å²) in [6.07, 6.45) is 4.49. The predicted octanol–water partition coefficient (Wildman–Crippen LogP) is 3.74. The first kappa shape index (κ1) is 10.6. The molecule has 0 bridgehead atoms. The quantitative estimate of drug-likeness (QED) is 0.605. The number of rotatable bonds is 0. The highest BCUT2D eigenvalue weighted by Crippen LogP contribution is 2.67. The number of allylic oxidation sites excluding steroid dienone is 2. The zero-order valence-electron chi connectivity index (χ0n) is 10.9. The molecular weight excluding hydrogens is 196 g/mol. The highest BCUT2D eigenvalue weighted by Gasteiger charge is 2.59. The van der Waals surface area contributed by atoms with Gasteiger partial charge in [0.2, 0.25) is 0 Å². The Balaban J connectivity index is 2.10. The van der Waals surface area contributed by atoms with Crippen LogP contribution in [0.25, 0.3) is 0 Å². The molecule has 3 aliphatic carbocycles. The zero-order chi connectivity index (χ0) is 11.7.